The summed E-state index contributed by atoms with van der Waals surface area (Å²) in [6, 6.07) is 5.40. The number of carbonyl (C=O) groups excluding carboxylic acids is 3. The number of rotatable bonds is 5. The van der Waals surface area contributed by atoms with Gasteiger partial charge in [-0.15, -0.1) is 5.10 Å². The van der Waals surface area contributed by atoms with Crippen LogP contribution < -0.4 is 16.0 Å². The fourth-order valence-corrected chi connectivity index (χ4v) is 3.82. The second-order valence-corrected chi connectivity index (χ2v) is 7.55. The minimum atomic E-state index is -0.605. The van der Waals surface area contributed by atoms with Crippen LogP contribution in [0.4, 0.5) is 6.01 Å². The minimum absolute atomic E-state index is 0.186. The number of piperidine rings is 1. The van der Waals surface area contributed by atoms with E-state index in [1.807, 2.05) is 18.2 Å². The Balaban J connectivity index is 1.26. The standard InChI is InChI=1S/C19H20N6O4/c26-15-4-3-14(16(27)22-15)25-9-11-2-1-10(5-13(11)18(25)28)6-21-19-24-23-17(29-19)12-7-20-8-12/h1-2,5,12,14,20H,3-4,6-9H2,(H,21,24)(H,22,26,27). The molecule has 1 unspecified atom stereocenters. The zero-order chi connectivity index (χ0) is 20.0. The predicted molar refractivity (Wildman–Crippen MR) is 99.7 cm³/mol. The highest BCUT2D eigenvalue weighted by Gasteiger charge is 2.39. The van der Waals surface area contributed by atoms with Gasteiger partial charge in [0.1, 0.15) is 6.04 Å². The molecule has 3 amide bonds. The third-order valence-corrected chi connectivity index (χ3v) is 5.61. The molecule has 5 rings (SSSR count). The Bertz CT molecular complexity index is 998. The Morgan fingerprint density at radius 2 is 2.07 bits per heavy atom. The maximum absolute atomic E-state index is 12.9. The molecule has 2 saturated heterocycles. The Hall–Kier alpha value is -3.27. The lowest BCUT2D eigenvalue weighted by atomic mass is 10.0. The lowest BCUT2D eigenvalue weighted by Gasteiger charge is -2.29. The van der Waals surface area contributed by atoms with Crippen molar-refractivity contribution in [3.63, 3.8) is 0 Å². The molecule has 10 nitrogen and oxygen atoms in total. The summed E-state index contributed by atoms with van der Waals surface area (Å²) in [6.45, 7) is 2.50. The van der Waals surface area contributed by atoms with E-state index in [2.05, 4.69) is 26.1 Å². The number of nitrogens with zero attached hydrogens (tertiary/aromatic N) is 3. The van der Waals surface area contributed by atoms with Gasteiger partial charge in [-0.1, -0.05) is 17.2 Å². The predicted octanol–water partition coefficient (Wildman–Crippen LogP) is 0.130. The van der Waals surface area contributed by atoms with Crippen molar-refractivity contribution in [2.45, 2.75) is 37.9 Å². The van der Waals surface area contributed by atoms with Crippen molar-refractivity contribution >= 4 is 23.7 Å². The molecule has 1 aromatic carbocycles. The molecule has 150 valence electrons. The Morgan fingerprint density at radius 1 is 1.21 bits per heavy atom. The molecule has 3 N–H and O–H groups in total. The largest absolute Gasteiger partial charge is 0.408 e. The molecule has 0 saturated carbocycles. The zero-order valence-corrected chi connectivity index (χ0v) is 15.6. The van der Waals surface area contributed by atoms with Crippen LogP contribution >= 0.6 is 0 Å². The number of hydrogen-bond donors (Lipinski definition) is 3. The van der Waals surface area contributed by atoms with Crippen LogP contribution in [-0.4, -0.2) is 52.0 Å². The maximum atomic E-state index is 12.9. The van der Waals surface area contributed by atoms with E-state index in [1.165, 1.54) is 0 Å². The molecule has 0 bridgehead atoms. The van der Waals surface area contributed by atoms with Gasteiger partial charge in [0.25, 0.3) is 5.91 Å². The fraction of sp³-hybridized carbons (Fsp3) is 0.421. The summed E-state index contributed by atoms with van der Waals surface area (Å²) in [4.78, 5) is 37.9. The first-order chi connectivity index (χ1) is 14.1. The number of hydrogen-bond acceptors (Lipinski definition) is 8. The lowest BCUT2D eigenvalue weighted by molar-refractivity contribution is -0.136. The third-order valence-electron chi connectivity index (χ3n) is 5.61. The Labute approximate surface area is 166 Å². The molecule has 1 atom stereocenters. The third kappa shape index (κ3) is 3.25. The lowest BCUT2D eigenvalue weighted by Crippen LogP contribution is -2.52. The van der Waals surface area contributed by atoms with Gasteiger partial charge in [0.2, 0.25) is 17.7 Å². The highest BCUT2D eigenvalue weighted by atomic mass is 16.4. The molecule has 10 heteroatoms. The summed E-state index contributed by atoms with van der Waals surface area (Å²) >= 11 is 0. The quantitative estimate of drug-likeness (QED) is 0.608. The molecule has 1 aromatic heterocycles. The maximum Gasteiger partial charge on any atom is 0.315 e. The molecular weight excluding hydrogens is 376 g/mol. The molecule has 2 aromatic rings. The Morgan fingerprint density at radius 3 is 2.83 bits per heavy atom. The second kappa shape index (κ2) is 6.96. The van der Waals surface area contributed by atoms with Crippen molar-refractivity contribution in [3.8, 4) is 0 Å². The molecule has 29 heavy (non-hydrogen) atoms. The van der Waals surface area contributed by atoms with Crippen LogP contribution in [0.25, 0.3) is 0 Å². The summed E-state index contributed by atoms with van der Waals surface area (Å²) < 4.78 is 5.62. The van der Waals surface area contributed by atoms with Gasteiger partial charge in [0, 0.05) is 38.2 Å². The number of fused-ring (bicyclic) bond motifs is 1. The van der Waals surface area contributed by atoms with E-state index in [4.69, 9.17) is 4.42 Å². The van der Waals surface area contributed by atoms with E-state index in [-0.39, 0.29) is 24.2 Å². The molecule has 3 aliphatic rings. The van der Waals surface area contributed by atoms with Crippen molar-refractivity contribution < 1.29 is 18.8 Å². The molecule has 2 fully saturated rings. The molecule has 0 spiro atoms. The fourth-order valence-electron chi connectivity index (χ4n) is 3.82. The topological polar surface area (TPSA) is 129 Å². The van der Waals surface area contributed by atoms with E-state index < -0.39 is 11.9 Å². The number of carbonyl (C=O) groups is 3. The van der Waals surface area contributed by atoms with Gasteiger partial charge in [0.15, 0.2) is 0 Å². The molecule has 3 aliphatic heterocycles. The zero-order valence-electron chi connectivity index (χ0n) is 15.6. The van der Waals surface area contributed by atoms with Crippen LogP contribution in [0.1, 0.15) is 46.1 Å². The SMILES string of the molecule is O=C1CCC(N2Cc3ccc(CNc4nnc(C5CNC5)o4)cc3C2=O)C(=O)N1. The molecule has 0 radical (unpaired) electrons. The van der Waals surface area contributed by atoms with Crippen molar-refractivity contribution in [2.75, 3.05) is 18.4 Å². The summed E-state index contributed by atoms with van der Waals surface area (Å²) in [5, 5.41) is 16.6. The smallest absolute Gasteiger partial charge is 0.315 e. The normalized spacial score (nSPS) is 21.7. The second-order valence-electron chi connectivity index (χ2n) is 7.55. The molecule has 0 aliphatic carbocycles. The highest BCUT2D eigenvalue weighted by molar-refractivity contribution is 6.05. The van der Waals surface area contributed by atoms with Crippen molar-refractivity contribution in [1.82, 2.24) is 25.7 Å². The number of nitrogens with one attached hydrogen (secondary N) is 3. The van der Waals surface area contributed by atoms with E-state index in [1.54, 1.807) is 4.90 Å². The summed E-state index contributed by atoms with van der Waals surface area (Å²) in [6.07, 6.45) is 0.601. The van der Waals surface area contributed by atoms with Gasteiger partial charge in [-0.25, -0.2) is 0 Å². The van der Waals surface area contributed by atoms with Crippen molar-refractivity contribution in [2.24, 2.45) is 0 Å². The number of imide groups is 1. The van der Waals surface area contributed by atoms with Crippen LogP contribution in [0, 0.1) is 0 Å². The van der Waals surface area contributed by atoms with Gasteiger partial charge in [-0.2, -0.15) is 0 Å². The first-order valence-corrected chi connectivity index (χ1v) is 9.63. The van der Waals surface area contributed by atoms with Gasteiger partial charge in [0.05, 0.1) is 5.92 Å². The minimum Gasteiger partial charge on any atom is -0.408 e. The van der Waals surface area contributed by atoms with Crippen LogP contribution in [0.3, 0.4) is 0 Å². The number of amides is 3. The van der Waals surface area contributed by atoms with Gasteiger partial charge in [-0.3, -0.25) is 19.7 Å². The van der Waals surface area contributed by atoms with Crippen molar-refractivity contribution in [1.29, 1.82) is 0 Å². The van der Waals surface area contributed by atoms with Crippen LogP contribution in [0.2, 0.25) is 0 Å². The Kier molecular flexibility index (Phi) is 4.27. The first-order valence-electron chi connectivity index (χ1n) is 9.63. The summed E-state index contributed by atoms with van der Waals surface area (Å²) in [5.74, 6) is 0.0118. The van der Waals surface area contributed by atoms with Crippen LogP contribution in [0.15, 0.2) is 22.6 Å². The van der Waals surface area contributed by atoms with Crippen LogP contribution in [0.5, 0.6) is 0 Å². The van der Waals surface area contributed by atoms with Gasteiger partial charge < -0.3 is 20.0 Å². The first kappa shape index (κ1) is 17.8. The van der Waals surface area contributed by atoms with E-state index in [9.17, 15) is 14.4 Å². The molecule has 4 heterocycles. The average molecular weight is 396 g/mol. The van der Waals surface area contributed by atoms with Gasteiger partial charge >= 0.3 is 6.01 Å². The summed E-state index contributed by atoms with van der Waals surface area (Å²) in [5.41, 5.74) is 2.36. The number of aromatic nitrogens is 2. The number of anilines is 1. The van der Waals surface area contributed by atoms with E-state index in [0.717, 1.165) is 24.2 Å². The number of benzene rings is 1. The monoisotopic (exact) mass is 396 g/mol. The average Bonchev–Trinajstić information content (AvgIpc) is 3.24. The molecular formula is C19H20N6O4. The van der Waals surface area contributed by atoms with Gasteiger partial charge in [-0.05, 0) is 23.6 Å². The highest BCUT2D eigenvalue weighted by Crippen LogP contribution is 2.28. The van der Waals surface area contributed by atoms with Crippen LogP contribution in [-0.2, 0) is 22.7 Å². The summed E-state index contributed by atoms with van der Waals surface area (Å²) in [7, 11) is 0. The van der Waals surface area contributed by atoms with Crippen molar-refractivity contribution in [3.05, 3.63) is 40.8 Å². The van der Waals surface area contributed by atoms with E-state index in [0.29, 0.717) is 37.0 Å². The van der Waals surface area contributed by atoms with E-state index >= 15 is 0 Å².